The van der Waals surface area contributed by atoms with Gasteiger partial charge < -0.3 is 9.47 Å². The molecule has 0 spiro atoms. The Morgan fingerprint density at radius 1 is 0.903 bits per heavy atom. The average molecular weight is 435 g/mol. The number of unbranched alkanes of at least 4 members (excludes halogenated alkanes) is 6. The van der Waals surface area contributed by atoms with Crippen molar-refractivity contribution in [2.45, 2.75) is 116 Å². The van der Waals surface area contributed by atoms with E-state index in [1.807, 2.05) is 0 Å². The zero-order chi connectivity index (χ0) is 21.9. The van der Waals surface area contributed by atoms with Crippen LogP contribution >= 0.6 is 0 Å². The molecular formula is C26H43FN2O2. The van der Waals surface area contributed by atoms with E-state index in [-0.39, 0.29) is 18.2 Å². The number of nitrogens with zero attached hydrogens (tertiary/aromatic N) is 2. The third-order valence-electron chi connectivity index (χ3n) is 7.11. The molecule has 1 aromatic heterocycles. The maximum absolute atomic E-state index is 14.5. The lowest BCUT2D eigenvalue weighted by Gasteiger charge is -2.37. The van der Waals surface area contributed by atoms with Crippen LogP contribution in [-0.4, -0.2) is 29.5 Å². The predicted octanol–water partition coefficient (Wildman–Crippen LogP) is 6.97. The molecular weight excluding hydrogens is 391 g/mol. The van der Waals surface area contributed by atoms with Gasteiger partial charge in [0.15, 0.2) is 6.29 Å². The first kappa shape index (κ1) is 24.6. The smallest absolute Gasteiger partial charge is 0.219 e. The maximum atomic E-state index is 14.5. The normalized spacial score (nSPS) is 26.8. The van der Waals surface area contributed by atoms with E-state index >= 15 is 0 Å². The lowest BCUT2D eigenvalue weighted by Crippen LogP contribution is -2.38. The molecule has 1 saturated heterocycles. The molecule has 2 heterocycles. The first-order valence-electron chi connectivity index (χ1n) is 13.0. The van der Waals surface area contributed by atoms with Crippen LogP contribution in [0.2, 0.25) is 0 Å². The van der Waals surface area contributed by atoms with Crippen LogP contribution in [0.25, 0.3) is 0 Å². The average Bonchev–Trinajstić information content (AvgIpc) is 2.80. The zero-order valence-corrected chi connectivity index (χ0v) is 19.8. The van der Waals surface area contributed by atoms with Gasteiger partial charge in [-0.25, -0.2) is 9.97 Å². The highest BCUT2D eigenvalue weighted by atomic mass is 19.1. The van der Waals surface area contributed by atoms with Crippen LogP contribution in [0.15, 0.2) is 6.20 Å². The summed E-state index contributed by atoms with van der Waals surface area (Å²) in [6.07, 6.45) is 17.4. The molecule has 31 heavy (non-hydrogen) atoms. The Hall–Kier alpha value is -1.07. The molecule has 4 nitrogen and oxygen atoms in total. The van der Waals surface area contributed by atoms with E-state index < -0.39 is 0 Å². The number of aromatic nitrogens is 2. The summed E-state index contributed by atoms with van der Waals surface area (Å²) in [4.78, 5) is 8.80. The second kappa shape index (κ2) is 13.5. The molecule has 0 N–H and O–H groups in total. The molecule has 0 bridgehead atoms. The molecule has 1 aromatic rings. The van der Waals surface area contributed by atoms with Crippen LogP contribution in [0.3, 0.4) is 0 Å². The highest BCUT2D eigenvalue weighted by Crippen LogP contribution is 2.38. The Morgan fingerprint density at radius 3 is 2.26 bits per heavy atom. The van der Waals surface area contributed by atoms with Gasteiger partial charge in [0.05, 0.1) is 13.2 Å². The largest absolute Gasteiger partial charge is 0.352 e. The van der Waals surface area contributed by atoms with Crippen LogP contribution in [0, 0.1) is 17.8 Å². The molecule has 3 rings (SSSR count). The Morgan fingerprint density at radius 2 is 1.58 bits per heavy atom. The van der Waals surface area contributed by atoms with Gasteiger partial charge in [-0.2, -0.15) is 4.39 Å². The second-order valence-corrected chi connectivity index (χ2v) is 9.72. The molecule has 0 radical (unpaired) electrons. The standard InChI is InChI=1S/C26H43FN2O2/c1-3-5-7-8-10-12-23-17-28-25(29-24(23)27)21-13-15-22(16-14-21)26-30-18-20(19-31-26)11-9-6-4-2/h17,20-22,26H,3-16,18-19H2,1-2H3/t20-,21?,22?,26-. The number of hydrogen-bond acceptors (Lipinski definition) is 4. The number of ether oxygens (including phenoxy) is 2. The number of hydrogen-bond donors (Lipinski definition) is 0. The van der Waals surface area contributed by atoms with Crippen molar-refractivity contribution in [2.75, 3.05) is 13.2 Å². The minimum Gasteiger partial charge on any atom is -0.352 e. The fourth-order valence-corrected chi connectivity index (χ4v) is 5.01. The topological polar surface area (TPSA) is 44.2 Å². The van der Waals surface area contributed by atoms with Gasteiger partial charge in [-0.05, 0) is 44.9 Å². The number of rotatable bonds is 12. The molecule has 2 aliphatic rings. The Kier molecular flexibility index (Phi) is 10.7. The van der Waals surface area contributed by atoms with Crippen LogP contribution in [0.4, 0.5) is 4.39 Å². The Bertz CT molecular complexity index is 626. The van der Waals surface area contributed by atoms with Crippen LogP contribution in [-0.2, 0) is 15.9 Å². The zero-order valence-electron chi connectivity index (χ0n) is 19.8. The van der Waals surface area contributed by atoms with E-state index in [0.717, 1.165) is 58.2 Å². The molecule has 0 atom stereocenters. The minimum atomic E-state index is -0.310. The van der Waals surface area contributed by atoms with E-state index in [4.69, 9.17) is 9.47 Å². The summed E-state index contributed by atoms with van der Waals surface area (Å²) >= 11 is 0. The van der Waals surface area contributed by atoms with E-state index in [1.165, 1.54) is 44.9 Å². The summed E-state index contributed by atoms with van der Waals surface area (Å²) in [6, 6.07) is 0. The van der Waals surface area contributed by atoms with Crippen molar-refractivity contribution in [3.63, 3.8) is 0 Å². The Balaban J connectivity index is 1.39. The quantitative estimate of drug-likeness (QED) is 0.263. The second-order valence-electron chi connectivity index (χ2n) is 9.72. The van der Waals surface area contributed by atoms with Crippen molar-refractivity contribution in [1.29, 1.82) is 0 Å². The highest BCUT2D eigenvalue weighted by Gasteiger charge is 2.33. The molecule has 176 valence electrons. The van der Waals surface area contributed by atoms with E-state index in [2.05, 4.69) is 23.8 Å². The van der Waals surface area contributed by atoms with Gasteiger partial charge in [0.2, 0.25) is 5.95 Å². The highest BCUT2D eigenvalue weighted by molar-refractivity contribution is 5.10. The lowest BCUT2D eigenvalue weighted by molar-refractivity contribution is -0.229. The van der Waals surface area contributed by atoms with Gasteiger partial charge in [0, 0.05) is 29.5 Å². The summed E-state index contributed by atoms with van der Waals surface area (Å²) < 4.78 is 26.7. The molecule has 0 aromatic carbocycles. The van der Waals surface area contributed by atoms with Crippen LogP contribution in [0.1, 0.15) is 115 Å². The molecule has 5 heteroatoms. The fourth-order valence-electron chi connectivity index (χ4n) is 5.01. The molecule has 2 fully saturated rings. The van der Waals surface area contributed by atoms with Crippen LogP contribution < -0.4 is 0 Å². The summed E-state index contributed by atoms with van der Waals surface area (Å²) in [7, 11) is 0. The summed E-state index contributed by atoms with van der Waals surface area (Å²) in [5, 5.41) is 0. The van der Waals surface area contributed by atoms with Crippen molar-refractivity contribution in [1.82, 2.24) is 9.97 Å². The number of halogens is 1. The Labute approximate surface area is 188 Å². The SMILES string of the molecule is CCCCCCCc1cnc(C2CCC([C@H]3OC[C@H](CCCCC)CO3)CC2)nc1F. The summed E-state index contributed by atoms with van der Waals surface area (Å²) in [5.41, 5.74) is 0.673. The van der Waals surface area contributed by atoms with Crippen molar-refractivity contribution in [3.8, 4) is 0 Å². The van der Waals surface area contributed by atoms with Crippen molar-refractivity contribution >= 4 is 0 Å². The van der Waals surface area contributed by atoms with Crippen molar-refractivity contribution in [2.24, 2.45) is 11.8 Å². The first-order valence-corrected chi connectivity index (χ1v) is 13.0. The summed E-state index contributed by atoms with van der Waals surface area (Å²) in [6.45, 7) is 6.12. The molecule has 1 aliphatic heterocycles. The lowest BCUT2D eigenvalue weighted by atomic mass is 9.81. The van der Waals surface area contributed by atoms with Crippen LogP contribution in [0.5, 0.6) is 0 Å². The number of aryl methyl sites for hydroxylation is 1. The van der Waals surface area contributed by atoms with Gasteiger partial charge in [0.1, 0.15) is 5.82 Å². The van der Waals surface area contributed by atoms with Gasteiger partial charge in [0.25, 0.3) is 0 Å². The third-order valence-corrected chi connectivity index (χ3v) is 7.11. The summed E-state index contributed by atoms with van der Waals surface area (Å²) in [5.74, 6) is 1.64. The van der Waals surface area contributed by atoms with E-state index in [9.17, 15) is 4.39 Å². The van der Waals surface area contributed by atoms with Crippen molar-refractivity contribution < 1.29 is 13.9 Å². The molecule has 1 saturated carbocycles. The monoisotopic (exact) mass is 434 g/mol. The first-order chi connectivity index (χ1) is 15.2. The van der Waals surface area contributed by atoms with E-state index in [1.54, 1.807) is 6.20 Å². The fraction of sp³-hybridized carbons (Fsp3) is 0.846. The molecule has 0 unspecified atom stereocenters. The molecule has 0 amide bonds. The predicted molar refractivity (Wildman–Crippen MR) is 122 cm³/mol. The third kappa shape index (κ3) is 7.78. The maximum Gasteiger partial charge on any atom is 0.219 e. The molecule has 1 aliphatic carbocycles. The van der Waals surface area contributed by atoms with Gasteiger partial charge in [-0.3, -0.25) is 0 Å². The van der Waals surface area contributed by atoms with E-state index in [0.29, 0.717) is 23.2 Å². The minimum absolute atomic E-state index is 0.0592. The van der Waals surface area contributed by atoms with Crippen molar-refractivity contribution in [3.05, 3.63) is 23.5 Å². The van der Waals surface area contributed by atoms with Gasteiger partial charge in [-0.15, -0.1) is 0 Å². The van der Waals surface area contributed by atoms with Gasteiger partial charge >= 0.3 is 0 Å². The van der Waals surface area contributed by atoms with Gasteiger partial charge in [-0.1, -0.05) is 58.8 Å².